The lowest BCUT2D eigenvalue weighted by atomic mass is 9.77. The Kier molecular flexibility index (Phi) is 7.57. The second kappa shape index (κ2) is 11.4. The van der Waals surface area contributed by atoms with Gasteiger partial charge in [0.1, 0.15) is 23.0 Å². The molecule has 0 aromatic heterocycles. The van der Waals surface area contributed by atoms with Crippen LogP contribution in [0, 0.1) is 11.8 Å². The topological polar surface area (TPSA) is 104 Å². The van der Waals surface area contributed by atoms with Gasteiger partial charge in [0, 0.05) is 29.5 Å². The molecule has 0 amide bonds. The Balaban J connectivity index is 1.24. The van der Waals surface area contributed by atoms with Gasteiger partial charge < -0.3 is 39.8 Å². The maximum atomic E-state index is 11.7. The summed E-state index contributed by atoms with van der Waals surface area (Å²) in [4.78, 5) is 0. The molecule has 0 radical (unpaired) electrons. The van der Waals surface area contributed by atoms with E-state index in [1.807, 2.05) is 42.5 Å². The summed E-state index contributed by atoms with van der Waals surface area (Å²) in [5, 5.41) is 14.8. The largest absolute Gasteiger partial charge is 0.497 e. The monoisotopic (exact) mass is 534 g/mol. The molecule has 1 fully saturated rings. The van der Waals surface area contributed by atoms with Gasteiger partial charge in [0.15, 0.2) is 0 Å². The van der Waals surface area contributed by atoms with Crippen molar-refractivity contribution in [3.8, 4) is 23.0 Å². The fourth-order valence-electron chi connectivity index (χ4n) is 6.19. The number of fused-ring (bicyclic) bond motifs is 2. The van der Waals surface area contributed by atoms with Crippen molar-refractivity contribution in [3.63, 3.8) is 0 Å². The van der Waals surface area contributed by atoms with Crippen LogP contribution in [0.15, 0.2) is 59.9 Å². The van der Waals surface area contributed by atoms with Crippen molar-refractivity contribution in [1.29, 1.82) is 0 Å². The summed E-state index contributed by atoms with van der Waals surface area (Å²) in [6.07, 6.45) is 8.60. The number of rotatable bonds is 8. The molecule has 8 nitrogen and oxygen atoms in total. The van der Waals surface area contributed by atoms with E-state index < -0.39 is 6.10 Å². The lowest BCUT2D eigenvalue weighted by Gasteiger charge is -2.42. The molecule has 0 bridgehead atoms. The molecule has 3 heterocycles. The minimum atomic E-state index is -0.734. The van der Waals surface area contributed by atoms with E-state index in [1.54, 1.807) is 7.11 Å². The molecule has 1 aliphatic carbocycles. The quantitative estimate of drug-likeness (QED) is 0.453. The molecule has 8 heteroatoms. The summed E-state index contributed by atoms with van der Waals surface area (Å²) in [6, 6.07) is 11.6. The molecule has 208 valence electrons. The second-order valence-corrected chi connectivity index (χ2v) is 10.8. The molecule has 0 spiro atoms. The highest BCUT2D eigenvalue weighted by Gasteiger charge is 2.43. The van der Waals surface area contributed by atoms with E-state index in [0.717, 1.165) is 59.8 Å². The number of nitrogens with one attached hydrogen (secondary N) is 1. The maximum absolute atomic E-state index is 11.7. The number of aliphatic hydroxyl groups excluding tert-OH is 1. The van der Waals surface area contributed by atoms with Crippen LogP contribution in [0.4, 0.5) is 0 Å². The number of aliphatic hydroxyl groups is 1. The lowest BCUT2D eigenvalue weighted by Crippen LogP contribution is -2.41. The zero-order valence-electron chi connectivity index (χ0n) is 22.4. The van der Waals surface area contributed by atoms with Crippen LogP contribution in [0.3, 0.4) is 0 Å². The predicted molar refractivity (Wildman–Crippen MR) is 147 cm³/mol. The molecule has 0 saturated heterocycles. The van der Waals surface area contributed by atoms with Gasteiger partial charge >= 0.3 is 0 Å². The third kappa shape index (κ3) is 5.54. The summed E-state index contributed by atoms with van der Waals surface area (Å²) in [5.74, 6) is 3.32. The number of benzene rings is 2. The molecule has 0 unspecified atom stereocenters. The summed E-state index contributed by atoms with van der Waals surface area (Å²) in [6.45, 7) is 2.02. The van der Waals surface area contributed by atoms with Crippen LogP contribution in [-0.4, -0.2) is 44.7 Å². The molecule has 4 N–H and O–H groups in total. The summed E-state index contributed by atoms with van der Waals surface area (Å²) in [7, 11) is 1.65. The number of nitrogens with two attached hydrogens (primary N) is 1. The first-order chi connectivity index (χ1) is 19.1. The van der Waals surface area contributed by atoms with Crippen molar-refractivity contribution in [2.75, 3.05) is 33.5 Å². The SMILES string of the molecule is COc1ccc2c(c1)[C@H](OCCC1=CCNC(N)=C1)[C@H]([C@H]1COc3ccc(OC4CCCC4)cc3[C@H]1O)CO2. The Morgan fingerprint density at radius 2 is 1.69 bits per heavy atom. The standard InChI is InChI=1S/C31H38N2O6/c1-35-21-6-8-28-24(15-21)31(36-13-11-19-10-12-33-29(32)14-19)26(18-38-28)25-17-37-27-9-7-22(16-23(27)30(25)34)39-20-4-2-3-5-20/h6-10,14-16,20,25-26,30-31,33-34H,2-5,11-13,17-18,32H2,1H3/t25-,26+,30-,31+/m1/s1. The van der Waals surface area contributed by atoms with Crippen molar-refractivity contribution in [2.45, 2.75) is 50.4 Å². The number of methoxy groups -OCH3 is 1. The number of dihydropyridines is 1. The van der Waals surface area contributed by atoms with Gasteiger partial charge in [-0.15, -0.1) is 0 Å². The average Bonchev–Trinajstić information content (AvgIpc) is 3.47. The number of allylic oxidation sites excluding steroid dienone is 1. The van der Waals surface area contributed by atoms with E-state index >= 15 is 0 Å². The van der Waals surface area contributed by atoms with Crippen molar-refractivity contribution >= 4 is 0 Å². The first-order valence-electron chi connectivity index (χ1n) is 14.0. The van der Waals surface area contributed by atoms with Gasteiger partial charge in [0.25, 0.3) is 0 Å². The maximum Gasteiger partial charge on any atom is 0.125 e. The Bertz CT molecular complexity index is 1240. The first kappa shape index (κ1) is 25.9. The zero-order valence-corrected chi connectivity index (χ0v) is 22.4. The van der Waals surface area contributed by atoms with E-state index in [-0.39, 0.29) is 24.0 Å². The fraction of sp³-hybridized carbons (Fsp3) is 0.484. The van der Waals surface area contributed by atoms with Gasteiger partial charge in [0.2, 0.25) is 0 Å². The van der Waals surface area contributed by atoms with Crippen LogP contribution in [-0.2, 0) is 4.74 Å². The molecular weight excluding hydrogens is 496 g/mol. The van der Waals surface area contributed by atoms with Crippen LogP contribution < -0.4 is 30.0 Å². The molecule has 3 aliphatic heterocycles. The van der Waals surface area contributed by atoms with Gasteiger partial charge in [-0.05, 0) is 80.2 Å². The second-order valence-electron chi connectivity index (χ2n) is 10.8. The molecular formula is C31H38N2O6. The summed E-state index contributed by atoms with van der Waals surface area (Å²) >= 11 is 0. The lowest BCUT2D eigenvalue weighted by molar-refractivity contribution is -0.0832. The summed E-state index contributed by atoms with van der Waals surface area (Å²) in [5.41, 5.74) is 8.78. The summed E-state index contributed by atoms with van der Waals surface area (Å²) < 4.78 is 30.7. The minimum Gasteiger partial charge on any atom is -0.497 e. The molecule has 6 rings (SSSR count). The Hall–Kier alpha value is -3.36. The third-order valence-electron chi connectivity index (χ3n) is 8.33. The Morgan fingerprint density at radius 1 is 0.974 bits per heavy atom. The fourth-order valence-corrected chi connectivity index (χ4v) is 6.19. The van der Waals surface area contributed by atoms with Crippen molar-refractivity contribution < 1.29 is 28.8 Å². The zero-order chi connectivity index (χ0) is 26.8. The smallest absolute Gasteiger partial charge is 0.125 e. The van der Waals surface area contributed by atoms with E-state index in [9.17, 15) is 5.11 Å². The van der Waals surface area contributed by atoms with Gasteiger partial charge in [0.05, 0.1) is 51.1 Å². The van der Waals surface area contributed by atoms with Crippen LogP contribution >= 0.6 is 0 Å². The molecule has 4 aliphatic rings. The number of hydrogen-bond donors (Lipinski definition) is 3. The third-order valence-corrected chi connectivity index (χ3v) is 8.33. The predicted octanol–water partition coefficient (Wildman–Crippen LogP) is 4.54. The average molecular weight is 535 g/mol. The molecule has 4 atom stereocenters. The highest BCUT2D eigenvalue weighted by atomic mass is 16.5. The van der Waals surface area contributed by atoms with Gasteiger partial charge in [-0.1, -0.05) is 6.08 Å². The molecule has 2 aromatic rings. The molecule has 2 aromatic carbocycles. The van der Waals surface area contributed by atoms with Crippen LogP contribution in [0.1, 0.15) is 55.4 Å². The highest BCUT2D eigenvalue weighted by molar-refractivity contribution is 5.45. The normalized spacial score (nSPS) is 26.2. The Labute approximate surface area is 229 Å². The first-order valence-corrected chi connectivity index (χ1v) is 14.0. The van der Waals surface area contributed by atoms with Crippen LogP contribution in [0.2, 0.25) is 0 Å². The van der Waals surface area contributed by atoms with Crippen LogP contribution in [0.25, 0.3) is 0 Å². The van der Waals surface area contributed by atoms with Gasteiger partial charge in [-0.25, -0.2) is 0 Å². The van der Waals surface area contributed by atoms with Crippen molar-refractivity contribution in [3.05, 3.63) is 71.1 Å². The Morgan fingerprint density at radius 3 is 2.46 bits per heavy atom. The van der Waals surface area contributed by atoms with Gasteiger partial charge in [-0.3, -0.25) is 0 Å². The van der Waals surface area contributed by atoms with Crippen LogP contribution in [0.5, 0.6) is 23.0 Å². The van der Waals surface area contributed by atoms with Gasteiger partial charge in [-0.2, -0.15) is 0 Å². The van der Waals surface area contributed by atoms with E-state index in [0.29, 0.717) is 31.4 Å². The molecule has 1 saturated carbocycles. The van der Waals surface area contributed by atoms with E-state index in [4.69, 9.17) is 29.4 Å². The van der Waals surface area contributed by atoms with E-state index in [1.165, 1.54) is 12.8 Å². The minimum absolute atomic E-state index is 0.130. The molecule has 39 heavy (non-hydrogen) atoms. The van der Waals surface area contributed by atoms with E-state index in [2.05, 4.69) is 11.4 Å². The van der Waals surface area contributed by atoms with Crippen molar-refractivity contribution in [2.24, 2.45) is 17.6 Å². The number of hydrogen-bond acceptors (Lipinski definition) is 8. The van der Waals surface area contributed by atoms with Crippen molar-refractivity contribution in [1.82, 2.24) is 5.32 Å². The highest BCUT2D eigenvalue weighted by Crippen LogP contribution is 2.49. The number of ether oxygens (including phenoxy) is 5.